The van der Waals surface area contributed by atoms with Crippen molar-refractivity contribution in [2.24, 2.45) is 0 Å². The van der Waals surface area contributed by atoms with Gasteiger partial charge in [0.1, 0.15) is 3.70 Å². The topological polar surface area (TPSA) is 28.7 Å². The van der Waals surface area contributed by atoms with Gasteiger partial charge in [0.05, 0.1) is 5.52 Å². The van der Waals surface area contributed by atoms with E-state index in [4.69, 9.17) is 0 Å². The van der Waals surface area contributed by atoms with Crippen LogP contribution >= 0.6 is 38.5 Å². The average Bonchev–Trinajstić information content (AvgIpc) is 2.35. The summed E-state index contributed by atoms with van der Waals surface area (Å²) in [4.78, 5) is 0. The Morgan fingerprint density at radius 2 is 2.25 bits per heavy atom. The van der Waals surface area contributed by atoms with Crippen molar-refractivity contribution in [3.8, 4) is 0 Å². The lowest BCUT2D eigenvalue weighted by atomic mass is 10.2. The van der Waals surface area contributed by atoms with E-state index in [2.05, 4.69) is 61.7 Å². The number of rotatable bonds is 0. The summed E-state index contributed by atoms with van der Waals surface area (Å²) in [6.45, 7) is 2.08. The lowest BCUT2D eigenvalue weighted by Gasteiger charge is -1.96. The Morgan fingerprint density at radius 1 is 1.50 bits per heavy atom. The van der Waals surface area contributed by atoms with Crippen molar-refractivity contribution in [3.63, 3.8) is 0 Å². The van der Waals surface area contributed by atoms with Crippen LogP contribution in [0.1, 0.15) is 5.56 Å². The fourth-order valence-corrected chi connectivity index (χ4v) is 1.99. The summed E-state index contributed by atoms with van der Waals surface area (Å²) >= 11 is 5.72. The van der Waals surface area contributed by atoms with Gasteiger partial charge in [0.25, 0.3) is 0 Å². The molecule has 0 amide bonds. The van der Waals surface area contributed by atoms with Crippen LogP contribution in [0.3, 0.4) is 0 Å². The van der Waals surface area contributed by atoms with E-state index in [1.165, 1.54) is 10.9 Å². The third kappa shape index (κ3) is 1.26. The first-order valence-electron chi connectivity index (χ1n) is 3.48. The quantitative estimate of drug-likeness (QED) is 0.735. The summed E-state index contributed by atoms with van der Waals surface area (Å²) in [6, 6.07) is 4.16. The van der Waals surface area contributed by atoms with Crippen LogP contribution in [0.15, 0.2) is 16.6 Å². The van der Waals surface area contributed by atoms with Crippen molar-refractivity contribution in [3.05, 3.63) is 25.9 Å². The molecule has 12 heavy (non-hydrogen) atoms. The van der Waals surface area contributed by atoms with E-state index in [-0.39, 0.29) is 0 Å². The summed E-state index contributed by atoms with van der Waals surface area (Å²) in [5, 5.41) is 8.30. The Hall–Kier alpha value is -0.100. The zero-order valence-corrected chi connectivity index (χ0v) is 10.1. The van der Waals surface area contributed by atoms with Gasteiger partial charge in [-0.15, -0.1) is 0 Å². The first kappa shape index (κ1) is 8.50. The molecule has 2 aromatic rings. The third-order valence-electron chi connectivity index (χ3n) is 1.79. The second-order valence-electron chi connectivity index (χ2n) is 2.66. The Bertz CT molecular complexity index is 436. The molecule has 0 saturated heterocycles. The lowest BCUT2D eigenvalue weighted by Crippen LogP contribution is -1.76. The minimum Gasteiger partial charge on any atom is -0.271 e. The minimum atomic E-state index is 1.01. The number of benzene rings is 1. The molecule has 0 aliphatic heterocycles. The Balaban J connectivity index is 2.87. The molecule has 2 nitrogen and oxygen atoms in total. The number of nitrogens with one attached hydrogen (secondary N) is 1. The fraction of sp³-hybridized carbons (Fsp3) is 0.125. The Kier molecular flexibility index (Phi) is 2.12. The van der Waals surface area contributed by atoms with Gasteiger partial charge in [-0.05, 0) is 47.2 Å². The normalized spacial score (nSPS) is 10.9. The van der Waals surface area contributed by atoms with Crippen LogP contribution in [0, 0.1) is 10.6 Å². The van der Waals surface area contributed by atoms with Gasteiger partial charge in [0, 0.05) is 9.86 Å². The summed E-state index contributed by atoms with van der Waals surface area (Å²) in [6.07, 6.45) is 0. The van der Waals surface area contributed by atoms with E-state index in [9.17, 15) is 0 Å². The molecule has 1 aromatic carbocycles. The second-order valence-corrected chi connectivity index (χ2v) is 4.59. The molecule has 62 valence electrons. The maximum Gasteiger partial charge on any atom is 0.104 e. The van der Waals surface area contributed by atoms with E-state index in [0.29, 0.717) is 0 Å². The number of halogens is 2. The first-order valence-corrected chi connectivity index (χ1v) is 5.35. The predicted octanol–water partition coefficient (Wildman–Crippen LogP) is 3.24. The zero-order chi connectivity index (χ0) is 8.72. The highest BCUT2D eigenvalue weighted by molar-refractivity contribution is 14.1. The molecule has 0 aliphatic rings. The average molecular weight is 337 g/mol. The number of aromatic nitrogens is 2. The van der Waals surface area contributed by atoms with Crippen molar-refractivity contribution < 1.29 is 0 Å². The molecule has 0 unspecified atom stereocenters. The van der Waals surface area contributed by atoms with Crippen molar-refractivity contribution in [1.82, 2.24) is 10.2 Å². The molecule has 0 aliphatic carbocycles. The second kappa shape index (κ2) is 2.99. The van der Waals surface area contributed by atoms with Crippen molar-refractivity contribution in [2.45, 2.75) is 6.92 Å². The third-order valence-corrected chi connectivity index (χ3v) is 3.46. The highest BCUT2D eigenvalue weighted by Gasteiger charge is 2.04. The molecule has 1 aromatic heterocycles. The van der Waals surface area contributed by atoms with Crippen LogP contribution in [-0.2, 0) is 0 Å². The summed E-state index contributed by atoms with van der Waals surface area (Å²) in [5.74, 6) is 0. The number of H-pyrrole nitrogens is 1. The Labute approximate surface area is 92.0 Å². The molecule has 0 bridgehead atoms. The molecule has 0 atom stereocenters. The summed E-state index contributed by atoms with van der Waals surface area (Å²) in [5.41, 5.74) is 2.25. The van der Waals surface area contributed by atoms with Gasteiger partial charge in [0.15, 0.2) is 0 Å². The molecule has 0 spiro atoms. The number of fused-ring (bicyclic) bond motifs is 1. The zero-order valence-electron chi connectivity index (χ0n) is 6.36. The maximum atomic E-state index is 4.16. The van der Waals surface area contributed by atoms with Crippen LogP contribution < -0.4 is 0 Å². The molecule has 4 heteroatoms. The maximum absolute atomic E-state index is 4.16. The van der Waals surface area contributed by atoms with Crippen molar-refractivity contribution >= 4 is 49.4 Å². The highest BCUT2D eigenvalue weighted by atomic mass is 127. The Morgan fingerprint density at radius 3 is 3.00 bits per heavy atom. The van der Waals surface area contributed by atoms with E-state index in [1.54, 1.807) is 0 Å². The van der Waals surface area contributed by atoms with Gasteiger partial charge in [-0.2, -0.15) is 5.10 Å². The molecule has 1 heterocycles. The van der Waals surface area contributed by atoms with Gasteiger partial charge in [-0.1, -0.05) is 15.9 Å². The molecule has 0 saturated carbocycles. The molecule has 1 N–H and O–H groups in total. The van der Waals surface area contributed by atoms with Crippen LogP contribution in [0.5, 0.6) is 0 Å². The predicted molar refractivity (Wildman–Crippen MR) is 61.2 cm³/mol. The van der Waals surface area contributed by atoms with Gasteiger partial charge in [0.2, 0.25) is 0 Å². The van der Waals surface area contributed by atoms with Crippen LogP contribution in [0.25, 0.3) is 10.9 Å². The molecule has 0 fully saturated rings. The van der Waals surface area contributed by atoms with Crippen LogP contribution in [0.4, 0.5) is 0 Å². The van der Waals surface area contributed by atoms with Crippen LogP contribution in [0.2, 0.25) is 0 Å². The molecular formula is C8H6BrIN2. The number of nitrogens with zero attached hydrogens (tertiary/aromatic N) is 1. The van der Waals surface area contributed by atoms with Crippen molar-refractivity contribution in [1.29, 1.82) is 0 Å². The monoisotopic (exact) mass is 336 g/mol. The van der Waals surface area contributed by atoms with Gasteiger partial charge >= 0.3 is 0 Å². The van der Waals surface area contributed by atoms with E-state index in [0.717, 1.165) is 13.7 Å². The molecule has 2 rings (SSSR count). The summed E-state index contributed by atoms with van der Waals surface area (Å²) in [7, 11) is 0. The number of hydrogen-bond donors (Lipinski definition) is 1. The van der Waals surface area contributed by atoms with Crippen molar-refractivity contribution in [2.75, 3.05) is 0 Å². The van der Waals surface area contributed by atoms with Gasteiger partial charge in [-0.25, -0.2) is 0 Å². The summed E-state index contributed by atoms with van der Waals surface area (Å²) < 4.78 is 2.20. The standard InChI is InChI=1S/C8H6BrIN2/c1-4-2-5-7(3-6(4)9)11-12-8(5)10/h2-3H,1H3,(H,11,12). The highest BCUT2D eigenvalue weighted by Crippen LogP contribution is 2.24. The largest absolute Gasteiger partial charge is 0.271 e. The van der Waals surface area contributed by atoms with E-state index >= 15 is 0 Å². The SMILES string of the molecule is Cc1cc2c(I)[nH]nc2cc1Br. The fourth-order valence-electron chi connectivity index (χ4n) is 1.11. The first-order chi connectivity index (χ1) is 5.68. The number of hydrogen-bond acceptors (Lipinski definition) is 1. The van der Waals surface area contributed by atoms with Crippen LogP contribution in [-0.4, -0.2) is 10.2 Å². The van der Waals surface area contributed by atoms with E-state index in [1.807, 2.05) is 6.07 Å². The van der Waals surface area contributed by atoms with Gasteiger partial charge < -0.3 is 0 Å². The number of aromatic amines is 1. The molecule has 0 radical (unpaired) electrons. The van der Waals surface area contributed by atoms with E-state index < -0.39 is 0 Å². The van der Waals surface area contributed by atoms with Gasteiger partial charge in [-0.3, -0.25) is 5.10 Å². The number of aryl methyl sites for hydroxylation is 1. The minimum absolute atomic E-state index is 1.01. The molecular weight excluding hydrogens is 331 g/mol. The lowest BCUT2D eigenvalue weighted by molar-refractivity contribution is 1.09. The smallest absolute Gasteiger partial charge is 0.104 e.